The van der Waals surface area contributed by atoms with Crippen molar-refractivity contribution in [3.63, 3.8) is 0 Å². The maximum atomic E-state index is 13.4. The van der Waals surface area contributed by atoms with E-state index in [9.17, 15) is 13.6 Å². The van der Waals surface area contributed by atoms with E-state index in [0.717, 1.165) is 6.41 Å². The van der Waals surface area contributed by atoms with Gasteiger partial charge in [0.1, 0.15) is 11.6 Å². The van der Waals surface area contributed by atoms with E-state index >= 15 is 0 Å². The second kappa shape index (κ2) is 13.8. The Morgan fingerprint density at radius 1 is 0.886 bits per heavy atom. The van der Waals surface area contributed by atoms with Crippen LogP contribution in [0.15, 0.2) is 104 Å². The van der Waals surface area contributed by atoms with Crippen LogP contribution in [0.1, 0.15) is 43.9 Å². The lowest BCUT2D eigenvalue weighted by atomic mass is 9.91. The highest BCUT2D eigenvalue weighted by Gasteiger charge is 2.19. The number of rotatable bonds is 9. The molecule has 0 aliphatic rings. The average Bonchev–Trinajstić information content (AvgIpc) is 2.86. The number of allylic oxidation sites excluding steroid dienone is 3. The summed E-state index contributed by atoms with van der Waals surface area (Å²) in [6, 6.07) is 22.3. The van der Waals surface area contributed by atoms with Gasteiger partial charge in [0.25, 0.3) is 0 Å². The molecule has 2 nitrogen and oxygen atoms in total. The molecule has 0 fully saturated rings. The molecule has 1 amide bonds. The molecule has 182 valence electrons. The Labute approximate surface area is 207 Å². The van der Waals surface area contributed by atoms with Crippen LogP contribution in [0.3, 0.4) is 0 Å². The van der Waals surface area contributed by atoms with Crippen LogP contribution in [-0.4, -0.2) is 17.4 Å². The van der Waals surface area contributed by atoms with Gasteiger partial charge in [-0.2, -0.15) is 0 Å². The molecule has 3 aromatic carbocycles. The van der Waals surface area contributed by atoms with Gasteiger partial charge < -0.3 is 4.90 Å². The third kappa shape index (κ3) is 7.89. The fourth-order valence-electron chi connectivity index (χ4n) is 3.62. The predicted molar refractivity (Wildman–Crippen MR) is 142 cm³/mol. The summed E-state index contributed by atoms with van der Waals surface area (Å²) in [5.41, 5.74) is 4.59. The summed E-state index contributed by atoms with van der Waals surface area (Å²) in [6.45, 7) is 13.9. The topological polar surface area (TPSA) is 20.3 Å². The standard InChI is InChI=1S/C22H21F2NO.C9H12/c1-5-21(25(14-26)15(2)3)22(18-8-12-20(24)13-9-18)16(4)17-6-10-19(23)11-7-17;1-2-6-9-7-4-3-5-8-9/h5-15H,1,4H2,2-3H3;3-5,7-8H,2,6H2,1H3/b22-21+;. The number of benzene rings is 3. The van der Waals surface area contributed by atoms with Crippen molar-refractivity contribution in [3.8, 4) is 0 Å². The van der Waals surface area contributed by atoms with Crippen molar-refractivity contribution in [2.75, 3.05) is 0 Å². The van der Waals surface area contributed by atoms with Crippen molar-refractivity contribution in [2.45, 2.75) is 39.7 Å². The molecule has 35 heavy (non-hydrogen) atoms. The summed E-state index contributed by atoms with van der Waals surface area (Å²) in [4.78, 5) is 13.2. The Hall–Kier alpha value is -3.79. The molecule has 4 heteroatoms. The normalized spacial score (nSPS) is 11.1. The highest BCUT2D eigenvalue weighted by Crippen LogP contribution is 2.35. The second-order valence-electron chi connectivity index (χ2n) is 8.30. The summed E-state index contributed by atoms with van der Waals surface area (Å²) >= 11 is 0. The maximum absolute atomic E-state index is 13.4. The van der Waals surface area contributed by atoms with Crippen molar-refractivity contribution in [1.82, 2.24) is 4.90 Å². The van der Waals surface area contributed by atoms with Crippen molar-refractivity contribution in [2.24, 2.45) is 0 Å². The number of carbonyl (C=O) groups is 1. The van der Waals surface area contributed by atoms with Gasteiger partial charge in [-0.15, -0.1) is 0 Å². The molecule has 0 spiro atoms. The number of amides is 1. The lowest BCUT2D eigenvalue weighted by Crippen LogP contribution is -2.28. The first kappa shape index (κ1) is 27.5. The maximum Gasteiger partial charge on any atom is 0.214 e. The van der Waals surface area contributed by atoms with E-state index in [4.69, 9.17) is 0 Å². The largest absolute Gasteiger partial charge is 0.312 e. The minimum absolute atomic E-state index is 0.114. The van der Waals surface area contributed by atoms with Crippen LogP contribution in [0.4, 0.5) is 8.78 Å². The van der Waals surface area contributed by atoms with Gasteiger partial charge in [-0.05, 0) is 72.9 Å². The molecule has 0 radical (unpaired) electrons. The first-order valence-corrected chi connectivity index (χ1v) is 11.7. The zero-order valence-corrected chi connectivity index (χ0v) is 20.7. The summed E-state index contributed by atoms with van der Waals surface area (Å²) in [7, 11) is 0. The minimum atomic E-state index is -0.364. The number of nitrogens with zero attached hydrogens (tertiary/aromatic N) is 1. The molecule has 0 saturated carbocycles. The van der Waals surface area contributed by atoms with E-state index in [1.54, 1.807) is 30.3 Å². The molecule has 0 aromatic heterocycles. The number of hydrogen-bond acceptors (Lipinski definition) is 1. The Balaban J connectivity index is 0.000000402. The molecule has 0 saturated heterocycles. The van der Waals surface area contributed by atoms with Gasteiger partial charge in [0.2, 0.25) is 6.41 Å². The molecule has 0 bridgehead atoms. The Morgan fingerprint density at radius 3 is 1.83 bits per heavy atom. The van der Waals surface area contributed by atoms with Gasteiger partial charge in [-0.25, -0.2) is 8.78 Å². The fraction of sp³-hybridized carbons (Fsp3) is 0.194. The fourth-order valence-corrected chi connectivity index (χ4v) is 3.62. The smallest absolute Gasteiger partial charge is 0.214 e. The first-order chi connectivity index (χ1) is 16.8. The van der Waals surface area contributed by atoms with Crippen LogP contribution >= 0.6 is 0 Å². The number of carbonyl (C=O) groups excluding carboxylic acids is 1. The number of aryl methyl sites for hydroxylation is 1. The highest BCUT2D eigenvalue weighted by atomic mass is 19.1. The van der Waals surface area contributed by atoms with Crippen molar-refractivity contribution >= 4 is 17.6 Å². The van der Waals surface area contributed by atoms with E-state index in [1.807, 2.05) is 13.8 Å². The van der Waals surface area contributed by atoms with E-state index in [2.05, 4.69) is 50.4 Å². The molecule has 0 atom stereocenters. The van der Waals surface area contributed by atoms with Crippen LogP contribution in [0, 0.1) is 11.6 Å². The van der Waals surface area contributed by atoms with E-state index in [-0.39, 0.29) is 17.7 Å². The SMILES string of the molecule is C=C/C(=C(/C(=C)c1ccc(F)cc1)c1ccc(F)cc1)N(C=O)C(C)C.CCCc1ccccc1. The van der Waals surface area contributed by atoms with Crippen molar-refractivity contribution in [1.29, 1.82) is 0 Å². The zero-order chi connectivity index (χ0) is 25.8. The monoisotopic (exact) mass is 473 g/mol. The molecule has 0 unspecified atom stereocenters. The molecule has 3 rings (SSSR count). The quantitative estimate of drug-likeness (QED) is 0.227. The lowest BCUT2D eigenvalue weighted by Gasteiger charge is -2.27. The van der Waals surface area contributed by atoms with E-state index in [1.165, 1.54) is 47.6 Å². The summed E-state index contributed by atoms with van der Waals surface area (Å²) in [5.74, 6) is -0.716. The van der Waals surface area contributed by atoms with Crippen LogP contribution < -0.4 is 0 Å². The van der Waals surface area contributed by atoms with Gasteiger partial charge in [-0.3, -0.25) is 4.79 Å². The first-order valence-electron chi connectivity index (χ1n) is 11.7. The molecule has 0 aliphatic heterocycles. The van der Waals surface area contributed by atoms with Gasteiger partial charge in [0, 0.05) is 11.6 Å². The van der Waals surface area contributed by atoms with E-state index < -0.39 is 0 Å². The van der Waals surface area contributed by atoms with Gasteiger partial charge in [-0.1, -0.05) is 81.1 Å². The second-order valence-corrected chi connectivity index (χ2v) is 8.30. The van der Waals surface area contributed by atoms with Gasteiger partial charge in [0.05, 0.1) is 5.70 Å². The van der Waals surface area contributed by atoms with E-state index in [0.29, 0.717) is 28.0 Å². The third-order valence-electron chi connectivity index (χ3n) is 5.41. The minimum Gasteiger partial charge on any atom is -0.312 e. The summed E-state index contributed by atoms with van der Waals surface area (Å²) in [5, 5.41) is 0. The molecular formula is C31H33F2NO. The average molecular weight is 474 g/mol. The highest BCUT2D eigenvalue weighted by molar-refractivity contribution is 6.06. The Bertz CT molecular complexity index is 1130. The van der Waals surface area contributed by atoms with Crippen LogP contribution in [0.5, 0.6) is 0 Å². The Kier molecular flexibility index (Phi) is 10.8. The zero-order valence-electron chi connectivity index (χ0n) is 20.7. The molecule has 3 aromatic rings. The molecular weight excluding hydrogens is 440 g/mol. The lowest BCUT2D eigenvalue weighted by molar-refractivity contribution is -0.117. The van der Waals surface area contributed by atoms with Gasteiger partial charge in [0.15, 0.2) is 0 Å². The van der Waals surface area contributed by atoms with Gasteiger partial charge >= 0.3 is 0 Å². The number of hydrogen-bond donors (Lipinski definition) is 0. The van der Waals surface area contributed by atoms with Crippen LogP contribution in [-0.2, 0) is 11.2 Å². The summed E-state index contributed by atoms with van der Waals surface area (Å²) < 4.78 is 26.7. The molecule has 0 heterocycles. The third-order valence-corrected chi connectivity index (χ3v) is 5.41. The Morgan fingerprint density at radius 2 is 1.40 bits per heavy atom. The molecule has 0 aliphatic carbocycles. The predicted octanol–water partition coefficient (Wildman–Crippen LogP) is 8.08. The van der Waals surface area contributed by atoms with Crippen LogP contribution in [0.2, 0.25) is 0 Å². The van der Waals surface area contributed by atoms with Crippen LogP contribution in [0.25, 0.3) is 11.1 Å². The number of halogens is 2. The molecule has 0 N–H and O–H groups in total. The summed E-state index contributed by atoms with van der Waals surface area (Å²) in [6.07, 6.45) is 4.75. The van der Waals surface area contributed by atoms with Crippen molar-refractivity contribution < 1.29 is 13.6 Å². The van der Waals surface area contributed by atoms with Crippen molar-refractivity contribution in [3.05, 3.63) is 132 Å².